The van der Waals surface area contributed by atoms with E-state index in [2.05, 4.69) is 10.3 Å². The fourth-order valence-electron chi connectivity index (χ4n) is 2.85. The lowest BCUT2D eigenvalue weighted by Gasteiger charge is -2.11. The molecular weight excluding hydrogens is 350 g/mol. The molecule has 3 rings (SSSR count). The standard InChI is InChI=1S/C15H17N3O4S2/c16-14(22)11-12-13(8(19)5-9(20)18-12)24-15(11)23-6-10(21)17-7-3-1-2-4-7/h5,7H,1-4,6H2,(H2,16,22)(H,17,21)(H2,18,19,20). The maximum Gasteiger partial charge on any atom is 0.252 e. The molecule has 2 aromatic heterocycles. The number of pyridine rings is 1. The number of thioether (sulfide) groups is 1. The average molecular weight is 367 g/mol. The SMILES string of the molecule is NC(=O)c1c(SCC(=O)NC2CCCC2)sc2c(O)cc(=O)[nH]c12. The van der Waals surface area contributed by atoms with Crippen LogP contribution in [0.3, 0.4) is 0 Å². The molecule has 2 aromatic rings. The van der Waals surface area contributed by atoms with Gasteiger partial charge in [0.2, 0.25) is 5.91 Å². The molecule has 1 fully saturated rings. The predicted molar refractivity (Wildman–Crippen MR) is 93.8 cm³/mol. The van der Waals surface area contributed by atoms with E-state index in [1.165, 1.54) is 11.8 Å². The van der Waals surface area contributed by atoms with Crippen molar-refractivity contribution in [1.29, 1.82) is 0 Å². The number of primary amides is 1. The highest BCUT2D eigenvalue weighted by molar-refractivity contribution is 8.02. The van der Waals surface area contributed by atoms with E-state index >= 15 is 0 Å². The number of hydrogen-bond acceptors (Lipinski definition) is 6. The monoisotopic (exact) mass is 367 g/mol. The molecule has 2 heterocycles. The lowest BCUT2D eigenvalue weighted by molar-refractivity contribution is -0.119. The Morgan fingerprint density at radius 2 is 2.12 bits per heavy atom. The van der Waals surface area contributed by atoms with Crippen molar-refractivity contribution in [2.75, 3.05) is 5.75 Å². The highest BCUT2D eigenvalue weighted by atomic mass is 32.2. The van der Waals surface area contributed by atoms with Crippen LogP contribution in [0, 0.1) is 0 Å². The van der Waals surface area contributed by atoms with E-state index in [1.807, 2.05) is 0 Å². The van der Waals surface area contributed by atoms with Crippen LogP contribution >= 0.6 is 23.1 Å². The molecule has 9 heteroatoms. The molecule has 0 unspecified atom stereocenters. The second kappa shape index (κ2) is 6.86. The zero-order valence-electron chi connectivity index (χ0n) is 12.8. The Morgan fingerprint density at radius 3 is 2.79 bits per heavy atom. The summed E-state index contributed by atoms with van der Waals surface area (Å²) >= 11 is 2.31. The number of carbonyl (C=O) groups excluding carboxylic acids is 2. The molecule has 0 aromatic carbocycles. The van der Waals surface area contributed by atoms with Crippen LogP contribution in [0.25, 0.3) is 10.2 Å². The van der Waals surface area contributed by atoms with Crippen molar-refractivity contribution in [1.82, 2.24) is 10.3 Å². The summed E-state index contributed by atoms with van der Waals surface area (Å²) in [6.07, 6.45) is 4.27. The van der Waals surface area contributed by atoms with Gasteiger partial charge in [0.15, 0.2) is 0 Å². The largest absolute Gasteiger partial charge is 0.506 e. The highest BCUT2D eigenvalue weighted by Gasteiger charge is 2.22. The van der Waals surface area contributed by atoms with Crippen LogP contribution in [-0.2, 0) is 4.79 Å². The van der Waals surface area contributed by atoms with Gasteiger partial charge in [0, 0.05) is 12.1 Å². The van der Waals surface area contributed by atoms with Crippen molar-refractivity contribution in [2.24, 2.45) is 5.73 Å². The molecule has 128 valence electrons. The normalized spacial score (nSPS) is 15.0. The zero-order valence-corrected chi connectivity index (χ0v) is 14.4. The summed E-state index contributed by atoms with van der Waals surface area (Å²) in [6, 6.07) is 1.28. The maximum atomic E-state index is 12.0. The Balaban J connectivity index is 1.82. The van der Waals surface area contributed by atoms with Crippen molar-refractivity contribution < 1.29 is 14.7 Å². The minimum absolute atomic E-state index is 0.0995. The number of H-pyrrole nitrogens is 1. The van der Waals surface area contributed by atoms with Crippen LogP contribution < -0.4 is 16.6 Å². The van der Waals surface area contributed by atoms with Crippen molar-refractivity contribution in [3.63, 3.8) is 0 Å². The van der Waals surface area contributed by atoms with Crippen LogP contribution in [0.4, 0.5) is 0 Å². The van der Waals surface area contributed by atoms with Gasteiger partial charge in [-0.05, 0) is 12.8 Å². The molecule has 0 atom stereocenters. The number of aromatic nitrogens is 1. The lowest BCUT2D eigenvalue weighted by Crippen LogP contribution is -2.33. The second-order valence-corrected chi connectivity index (χ2v) is 7.95. The summed E-state index contributed by atoms with van der Waals surface area (Å²) in [5.41, 5.74) is 5.26. The predicted octanol–water partition coefficient (Wildman–Crippen LogP) is 1.54. The number of fused-ring (bicyclic) bond motifs is 1. The topological polar surface area (TPSA) is 125 Å². The Bertz CT molecular complexity index is 852. The summed E-state index contributed by atoms with van der Waals surface area (Å²) in [5.74, 6) is -0.864. The van der Waals surface area contributed by atoms with E-state index in [-0.39, 0.29) is 34.5 Å². The summed E-state index contributed by atoms with van der Waals surface area (Å²) in [7, 11) is 0. The van der Waals surface area contributed by atoms with Gasteiger partial charge in [-0.1, -0.05) is 12.8 Å². The van der Waals surface area contributed by atoms with Crippen LogP contribution in [0.5, 0.6) is 5.75 Å². The molecule has 1 saturated carbocycles. The molecule has 7 nitrogen and oxygen atoms in total. The van der Waals surface area contributed by atoms with Crippen LogP contribution in [0.2, 0.25) is 0 Å². The molecule has 0 aliphatic heterocycles. The Labute approximate surface area is 145 Å². The minimum atomic E-state index is -0.707. The van der Waals surface area contributed by atoms with Gasteiger partial charge in [-0.15, -0.1) is 23.1 Å². The fraction of sp³-hybridized carbons (Fsp3) is 0.400. The fourth-order valence-corrected chi connectivity index (χ4v) is 5.12. The first-order chi connectivity index (χ1) is 11.5. The molecule has 24 heavy (non-hydrogen) atoms. The van der Waals surface area contributed by atoms with Gasteiger partial charge in [-0.3, -0.25) is 14.4 Å². The third kappa shape index (κ3) is 3.41. The first-order valence-electron chi connectivity index (χ1n) is 7.56. The number of nitrogens with two attached hydrogens (primary N) is 1. The third-order valence-electron chi connectivity index (χ3n) is 3.93. The van der Waals surface area contributed by atoms with Gasteiger partial charge in [-0.2, -0.15) is 0 Å². The van der Waals surface area contributed by atoms with Gasteiger partial charge in [0.25, 0.3) is 11.5 Å². The molecule has 0 bridgehead atoms. The number of aromatic amines is 1. The molecule has 0 radical (unpaired) electrons. The van der Waals surface area contributed by atoms with Crippen molar-refractivity contribution in [3.8, 4) is 5.75 Å². The second-order valence-electron chi connectivity index (χ2n) is 5.69. The zero-order chi connectivity index (χ0) is 17.3. The molecule has 2 amide bonds. The molecule has 1 aliphatic rings. The van der Waals surface area contributed by atoms with E-state index in [0.29, 0.717) is 8.91 Å². The molecule has 0 saturated heterocycles. The van der Waals surface area contributed by atoms with E-state index in [1.54, 1.807) is 0 Å². The number of amides is 2. The molecular formula is C15H17N3O4S2. The van der Waals surface area contributed by atoms with E-state index in [9.17, 15) is 19.5 Å². The number of nitrogens with one attached hydrogen (secondary N) is 2. The number of hydrogen-bond donors (Lipinski definition) is 4. The van der Waals surface area contributed by atoms with Crippen LogP contribution in [0.15, 0.2) is 15.1 Å². The maximum absolute atomic E-state index is 12.0. The van der Waals surface area contributed by atoms with Crippen molar-refractivity contribution >= 4 is 45.1 Å². The highest BCUT2D eigenvalue weighted by Crippen LogP contribution is 2.40. The summed E-state index contributed by atoms with van der Waals surface area (Å²) in [6.45, 7) is 0. The Hall–Kier alpha value is -2.00. The average Bonchev–Trinajstić information content (AvgIpc) is 3.12. The van der Waals surface area contributed by atoms with Gasteiger partial charge < -0.3 is 21.1 Å². The van der Waals surface area contributed by atoms with Crippen LogP contribution in [-0.4, -0.2) is 33.7 Å². The van der Waals surface area contributed by atoms with E-state index < -0.39 is 11.5 Å². The van der Waals surface area contributed by atoms with Crippen LogP contribution in [0.1, 0.15) is 36.0 Å². The van der Waals surface area contributed by atoms with E-state index in [0.717, 1.165) is 43.1 Å². The van der Waals surface area contributed by atoms with Gasteiger partial charge >= 0.3 is 0 Å². The summed E-state index contributed by atoms with van der Waals surface area (Å²) < 4.78 is 0.887. The number of carbonyl (C=O) groups is 2. The quantitative estimate of drug-likeness (QED) is 0.597. The van der Waals surface area contributed by atoms with Gasteiger partial charge in [0.1, 0.15) is 5.75 Å². The van der Waals surface area contributed by atoms with Crippen molar-refractivity contribution in [3.05, 3.63) is 22.0 Å². The number of rotatable bonds is 5. The number of aromatic hydroxyl groups is 1. The smallest absolute Gasteiger partial charge is 0.252 e. The Morgan fingerprint density at radius 1 is 1.42 bits per heavy atom. The lowest BCUT2D eigenvalue weighted by atomic mass is 10.2. The summed E-state index contributed by atoms with van der Waals surface area (Å²) in [4.78, 5) is 37.8. The first-order valence-corrected chi connectivity index (χ1v) is 9.36. The molecule has 0 spiro atoms. The summed E-state index contributed by atoms with van der Waals surface area (Å²) in [5, 5.41) is 12.9. The molecule has 5 N–H and O–H groups in total. The molecule has 1 aliphatic carbocycles. The first kappa shape index (κ1) is 16.8. The van der Waals surface area contributed by atoms with Crippen molar-refractivity contribution in [2.45, 2.75) is 35.9 Å². The Kier molecular flexibility index (Phi) is 4.81. The van der Waals surface area contributed by atoms with Gasteiger partial charge in [-0.25, -0.2) is 0 Å². The van der Waals surface area contributed by atoms with E-state index in [4.69, 9.17) is 5.73 Å². The van der Waals surface area contributed by atoms with Gasteiger partial charge in [0.05, 0.1) is 25.7 Å². The third-order valence-corrected chi connectivity index (χ3v) is 6.41. The minimum Gasteiger partial charge on any atom is -0.506 e. The number of thiophene rings is 1.